The fourth-order valence-corrected chi connectivity index (χ4v) is 3.82. The van der Waals surface area contributed by atoms with Crippen molar-refractivity contribution >= 4 is 56.3 Å². The summed E-state index contributed by atoms with van der Waals surface area (Å²) in [4.78, 5) is 21.8. The lowest BCUT2D eigenvalue weighted by atomic mass is 10.1. The lowest BCUT2D eigenvalue weighted by Gasteiger charge is -2.09. The summed E-state index contributed by atoms with van der Waals surface area (Å²) in [5.74, 6) is 0.485. The Hall–Kier alpha value is -1.89. The number of rotatable bonds is 4. The lowest BCUT2D eigenvalue weighted by molar-refractivity contribution is 0.100. The topological polar surface area (TPSA) is 94.9 Å². The summed E-state index contributed by atoms with van der Waals surface area (Å²) < 4.78 is 0. The Morgan fingerprint density at radius 3 is 2.56 bits per heavy atom. The van der Waals surface area contributed by atoms with Crippen LogP contribution in [0.4, 0.5) is 5.69 Å². The second-order valence-corrected chi connectivity index (χ2v) is 7.92. The van der Waals surface area contributed by atoms with Crippen LogP contribution in [0.15, 0.2) is 18.2 Å². The first-order valence-corrected chi connectivity index (χ1v) is 9.19. The van der Waals surface area contributed by atoms with Gasteiger partial charge in [0.15, 0.2) is 0 Å². The van der Waals surface area contributed by atoms with E-state index in [0.717, 1.165) is 5.56 Å². The fraction of sp³-hybridized carbons (Fsp3) is 0.235. The standard InChI is InChI=1S/C17H16Cl2N4OS/c1-7(2)5-11-22-14(8-3-4-9(18)10(19)6-8)12-13(20)15(16(21)24)25-17(12)23-11/h3-4,6-7H,5,20H2,1-2H3,(H2,21,24). The van der Waals surface area contributed by atoms with E-state index in [1.165, 1.54) is 11.3 Å². The number of hydrogen-bond donors (Lipinski definition) is 2. The van der Waals surface area contributed by atoms with E-state index in [9.17, 15) is 4.79 Å². The van der Waals surface area contributed by atoms with Crippen LogP contribution in [0.1, 0.15) is 29.3 Å². The molecule has 0 saturated carbocycles. The molecule has 1 amide bonds. The van der Waals surface area contributed by atoms with Gasteiger partial charge in [-0.15, -0.1) is 11.3 Å². The number of aromatic nitrogens is 2. The van der Waals surface area contributed by atoms with E-state index in [1.807, 2.05) is 6.07 Å². The third kappa shape index (κ3) is 3.42. The minimum atomic E-state index is -0.578. The van der Waals surface area contributed by atoms with Crippen LogP contribution in [0.25, 0.3) is 21.5 Å². The van der Waals surface area contributed by atoms with Crippen molar-refractivity contribution in [2.75, 3.05) is 5.73 Å². The maximum atomic E-state index is 11.7. The Kier molecular flexibility index (Phi) is 4.86. The number of carbonyl (C=O) groups is 1. The molecule has 0 atom stereocenters. The van der Waals surface area contributed by atoms with E-state index in [0.29, 0.717) is 49.8 Å². The number of fused-ring (bicyclic) bond motifs is 1. The van der Waals surface area contributed by atoms with Crippen molar-refractivity contribution in [2.24, 2.45) is 11.7 Å². The number of thiophene rings is 1. The lowest BCUT2D eigenvalue weighted by Crippen LogP contribution is -2.10. The summed E-state index contributed by atoms with van der Waals surface area (Å²) in [6.45, 7) is 4.17. The number of nitrogen functional groups attached to an aromatic ring is 1. The van der Waals surface area contributed by atoms with Crippen LogP contribution in [0.2, 0.25) is 10.0 Å². The van der Waals surface area contributed by atoms with Crippen molar-refractivity contribution < 1.29 is 4.79 Å². The van der Waals surface area contributed by atoms with Crippen molar-refractivity contribution in [1.29, 1.82) is 0 Å². The molecule has 5 nitrogen and oxygen atoms in total. The number of carbonyl (C=O) groups excluding carboxylic acids is 1. The molecule has 25 heavy (non-hydrogen) atoms. The molecule has 0 fully saturated rings. The van der Waals surface area contributed by atoms with Crippen molar-refractivity contribution in [1.82, 2.24) is 9.97 Å². The first kappa shape index (κ1) is 17.9. The highest BCUT2D eigenvalue weighted by atomic mass is 35.5. The predicted octanol–water partition coefficient (Wildman–Crippen LogP) is 4.54. The fourth-order valence-electron chi connectivity index (χ4n) is 2.56. The van der Waals surface area contributed by atoms with Gasteiger partial charge in [0.05, 0.1) is 26.8 Å². The highest BCUT2D eigenvalue weighted by Gasteiger charge is 2.21. The van der Waals surface area contributed by atoms with Gasteiger partial charge < -0.3 is 11.5 Å². The Morgan fingerprint density at radius 1 is 1.24 bits per heavy atom. The summed E-state index contributed by atoms with van der Waals surface area (Å²) in [6.07, 6.45) is 0.702. The largest absolute Gasteiger partial charge is 0.397 e. The number of nitrogens with zero attached hydrogens (tertiary/aromatic N) is 2. The minimum absolute atomic E-state index is 0.285. The van der Waals surface area contributed by atoms with Gasteiger partial charge in [-0.2, -0.15) is 0 Å². The molecule has 0 bridgehead atoms. The van der Waals surface area contributed by atoms with Gasteiger partial charge in [-0.3, -0.25) is 4.79 Å². The van der Waals surface area contributed by atoms with Gasteiger partial charge in [0, 0.05) is 12.0 Å². The monoisotopic (exact) mass is 394 g/mol. The molecule has 3 rings (SSSR count). The minimum Gasteiger partial charge on any atom is -0.397 e. The highest BCUT2D eigenvalue weighted by Crippen LogP contribution is 2.39. The van der Waals surface area contributed by atoms with Gasteiger partial charge in [-0.25, -0.2) is 9.97 Å². The third-order valence-corrected chi connectivity index (χ3v) is 5.50. The molecule has 0 aliphatic heterocycles. The zero-order valence-corrected chi connectivity index (χ0v) is 16.0. The van der Waals surface area contributed by atoms with E-state index in [2.05, 4.69) is 23.8 Å². The molecule has 2 aromatic heterocycles. The Balaban J connectivity index is 2.33. The van der Waals surface area contributed by atoms with Crippen molar-refractivity contribution in [3.63, 3.8) is 0 Å². The highest BCUT2D eigenvalue weighted by molar-refractivity contribution is 7.21. The second-order valence-electron chi connectivity index (χ2n) is 6.10. The van der Waals surface area contributed by atoms with Crippen LogP contribution in [0.5, 0.6) is 0 Å². The first-order chi connectivity index (χ1) is 11.8. The Bertz CT molecular complexity index is 984. The average Bonchev–Trinajstić information content (AvgIpc) is 2.86. The molecule has 8 heteroatoms. The third-order valence-electron chi connectivity index (χ3n) is 3.64. The number of hydrogen-bond acceptors (Lipinski definition) is 5. The van der Waals surface area contributed by atoms with Gasteiger partial charge in [0.1, 0.15) is 15.5 Å². The zero-order chi connectivity index (χ0) is 18.3. The SMILES string of the molecule is CC(C)Cc1nc(-c2ccc(Cl)c(Cl)c2)c2c(N)c(C(N)=O)sc2n1. The number of halogens is 2. The molecule has 0 aliphatic rings. The van der Waals surface area contributed by atoms with E-state index in [1.54, 1.807) is 12.1 Å². The predicted molar refractivity (Wildman–Crippen MR) is 104 cm³/mol. The van der Waals surface area contributed by atoms with E-state index < -0.39 is 5.91 Å². The Morgan fingerprint density at radius 2 is 1.96 bits per heavy atom. The molecular formula is C17H16Cl2N4OS. The molecule has 0 unspecified atom stereocenters. The van der Waals surface area contributed by atoms with Crippen molar-refractivity contribution in [2.45, 2.75) is 20.3 Å². The number of anilines is 1. The smallest absolute Gasteiger partial charge is 0.260 e. The maximum Gasteiger partial charge on any atom is 0.260 e. The van der Waals surface area contributed by atoms with Gasteiger partial charge in [-0.05, 0) is 18.1 Å². The van der Waals surface area contributed by atoms with Crippen LogP contribution >= 0.6 is 34.5 Å². The summed E-state index contributed by atoms with van der Waals surface area (Å²) in [5, 5.41) is 1.49. The molecule has 130 valence electrons. The molecule has 3 aromatic rings. The van der Waals surface area contributed by atoms with Crippen LogP contribution in [0, 0.1) is 5.92 Å². The molecule has 2 heterocycles. The van der Waals surface area contributed by atoms with Gasteiger partial charge >= 0.3 is 0 Å². The van der Waals surface area contributed by atoms with Crippen LogP contribution < -0.4 is 11.5 Å². The summed E-state index contributed by atoms with van der Waals surface area (Å²) in [7, 11) is 0. The van der Waals surface area contributed by atoms with Crippen LogP contribution in [-0.2, 0) is 6.42 Å². The number of nitrogens with two attached hydrogens (primary N) is 2. The summed E-state index contributed by atoms with van der Waals surface area (Å²) in [6, 6.07) is 5.24. The molecule has 0 radical (unpaired) electrons. The van der Waals surface area contributed by atoms with E-state index in [4.69, 9.17) is 34.7 Å². The van der Waals surface area contributed by atoms with E-state index >= 15 is 0 Å². The van der Waals surface area contributed by atoms with Crippen molar-refractivity contribution in [3.05, 3.63) is 38.9 Å². The average molecular weight is 395 g/mol. The van der Waals surface area contributed by atoms with Crippen molar-refractivity contribution in [3.8, 4) is 11.3 Å². The molecule has 0 saturated heterocycles. The zero-order valence-electron chi connectivity index (χ0n) is 13.6. The number of amides is 1. The number of primary amides is 1. The summed E-state index contributed by atoms with van der Waals surface area (Å²) in [5.41, 5.74) is 13.3. The maximum absolute atomic E-state index is 11.7. The van der Waals surface area contributed by atoms with E-state index in [-0.39, 0.29) is 4.88 Å². The summed E-state index contributed by atoms with van der Waals surface area (Å²) >= 11 is 13.4. The molecule has 1 aromatic carbocycles. The van der Waals surface area contributed by atoms with Gasteiger partial charge in [-0.1, -0.05) is 43.1 Å². The van der Waals surface area contributed by atoms with Gasteiger partial charge in [0.2, 0.25) is 0 Å². The number of benzene rings is 1. The molecular weight excluding hydrogens is 379 g/mol. The second kappa shape index (κ2) is 6.78. The molecule has 0 aliphatic carbocycles. The van der Waals surface area contributed by atoms with Crippen LogP contribution in [-0.4, -0.2) is 15.9 Å². The quantitative estimate of drug-likeness (QED) is 0.678. The molecule has 4 N–H and O–H groups in total. The first-order valence-electron chi connectivity index (χ1n) is 7.62. The Labute approximate surface area is 159 Å². The normalized spacial score (nSPS) is 11.4. The molecule has 0 spiro atoms. The van der Waals surface area contributed by atoms with Gasteiger partial charge in [0.25, 0.3) is 5.91 Å². The van der Waals surface area contributed by atoms with Crippen LogP contribution in [0.3, 0.4) is 0 Å².